The molecule has 0 aromatic heterocycles. The maximum absolute atomic E-state index is 12.3. The molecule has 2 amide bonds. The maximum Gasteiger partial charge on any atom is 0.250 e. The van der Waals surface area contributed by atoms with Crippen LogP contribution in [-0.2, 0) is 4.79 Å². The highest BCUT2D eigenvalue weighted by atomic mass is 35.5. The van der Waals surface area contributed by atoms with Gasteiger partial charge in [-0.15, -0.1) is 0 Å². The SMILES string of the molecule is NC(=O)c1cc(NC(=O)[C@@H]2C[C@H]2c2ccc(Cl)cc2)ccc1Cl. The van der Waals surface area contributed by atoms with Crippen LogP contribution in [0.25, 0.3) is 0 Å². The van der Waals surface area contributed by atoms with E-state index in [0.29, 0.717) is 10.7 Å². The molecule has 0 unspecified atom stereocenters. The summed E-state index contributed by atoms with van der Waals surface area (Å²) in [6, 6.07) is 12.2. The van der Waals surface area contributed by atoms with Crippen LogP contribution in [0.1, 0.15) is 28.3 Å². The molecule has 0 radical (unpaired) electrons. The zero-order chi connectivity index (χ0) is 16.6. The van der Waals surface area contributed by atoms with Gasteiger partial charge < -0.3 is 11.1 Å². The third-order valence-electron chi connectivity index (χ3n) is 3.92. The lowest BCUT2D eigenvalue weighted by Gasteiger charge is -2.07. The van der Waals surface area contributed by atoms with Crippen molar-refractivity contribution in [2.45, 2.75) is 12.3 Å². The molecular formula is C17H14Cl2N2O2. The molecule has 4 nitrogen and oxygen atoms in total. The molecule has 0 aliphatic heterocycles. The van der Waals surface area contributed by atoms with E-state index >= 15 is 0 Å². The van der Waals surface area contributed by atoms with Crippen LogP contribution in [0, 0.1) is 5.92 Å². The van der Waals surface area contributed by atoms with Crippen LogP contribution in [0.4, 0.5) is 5.69 Å². The van der Waals surface area contributed by atoms with Crippen molar-refractivity contribution < 1.29 is 9.59 Å². The van der Waals surface area contributed by atoms with Gasteiger partial charge in [0.05, 0.1) is 10.6 Å². The van der Waals surface area contributed by atoms with E-state index < -0.39 is 5.91 Å². The molecule has 1 saturated carbocycles. The molecule has 1 fully saturated rings. The number of carbonyl (C=O) groups is 2. The first-order valence-electron chi connectivity index (χ1n) is 7.11. The van der Waals surface area contributed by atoms with Gasteiger partial charge in [-0.1, -0.05) is 35.3 Å². The van der Waals surface area contributed by atoms with Crippen LogP contribution in [0.5, 0.6) is 0 Å². The fraction of sp³-hybridized carbons (Fsp3) is 0.176. The standard InChI is InChI=1S/C17H14Cl2N2O2/c18-10-3-1-9(2-4-10)12-8-13(12)17(23)21-11-5-6-15(19)14(7-11)16(20)22/h1-7,12-13H,8H2,(H2,20,22)(H,21,23)/t12-,13+/m0/s1. The molecule has 3 N–H and O–H groups in total. The zero-order valence-electron chi connectivity index (χ0n) is 12.1. The van der Waals surface area contributed by atoms with Crippen molar-refractivity contribution in [1.29, 1.82) is 0 Å². The number of hydrogen-bond acceptors (Lipinski definition) is 2. The molecule has 2 aromatic rings. The smallest absolute Gasteiger partial charge is 0.250 e. The molecule has 2 aromatic carbocycles. The van der Waals surface area contributed by atoms with E-state index in [0.717, 1.165) is 12.0 Å². The molecule has 0 spiro atoms. The number of rotatable bonds is 4. The normalized spacial score (nSPS) is 19.2. The summed E-state index contributed by atoms with van der Waals surface area (Å²) in [6.45, 7) is 0. The Balaban J connectivity index is 1.68. The molecule has 2 atom stereocenters. The Morgan fingerprint density at radius 1 is 1.09 bits per heavy atom. The zero-order valence-corrected chi connectivity index (χ0v) is 13.6. The monoisotopic (exact) mass is 348 g/mol. The average molecular weight is 349 g/mol. The summed E-state index contributed by atoms with van der Waals surface area (Å²) in [5.41, 5.74) is 7.05. The maximum atomic E-state index is 12.3. The van der Waals surface area contributed by atoms with Gasteiger partial charge in [0.2, 0.25) is 11.8 Å². The molecule has 0 heterocycles. The molecule has 1 aliphatic carbocycles. The van der Waals surface area contributed by atoms with E-state index in [1.807, 2.05) is 24.3 Å². The first kappa shape index (κ1) is 15.8. The number of benzene rings is 2. The summed E-state index contributed by atoms with van der Waals surface area (Å²) in [5, 5.41) is 3.75. The third kappa shape index (κ3) is 3.49. The number of carbonyl (C=O) groups excluding carboxylic acids is 2. The second-order valence-electron chi connectivity index (χ2n) is 5.55. The first-order chi connectivity index (χ1) is 11.0. The quantitative estimate of drug-likeness (QED) is 0.880. The summed E-state index contributed by atoms with van der Waals surface area (Å²) >= 11 is 11.8. The van der Waals surface area contributed by atoms with Gasteiger partial charge in [0.15, 0.2) is 0 Å². The predicted molar refractivity (Wildman–Crippen MR) is 90.9 cm³/mol. The Morgan fingerprint density at radius 2 is 1.78 bits per heavy atom. The number of anilines is 1. The number of hydrogen-bond donors (Lipinski definition) is 2. The minimum Gasteiger partial charge on any atom is -0.366 e. The van der Waals surface area contributed by atoms with Crippen LogP contribution >= 0.6 is 23.2 Å². The molecule has 1 aliphatic rings. The first-order valence-corrected chi connectivity index (χ1v) is 7.87. The number of amides is 2. The van der Waals surface area contributed by atoms with Gasteiger partial charge in [0.25, 0.3) is 0 Å². The Kier molecular flexibility index (Phi) is 4.28. The molecule has 0 saturated heterocycles. The number of nitrogens with one attached hydrogen (secondary N) is 1. The van der Waals surface area contributed by atoms with Gasteiger partial charge >= 0.3 is 0 Å². The molecule has 6 heteroatoms. The van der Waals surface area contributed by atoms with E-state index in [2.05, 4.69) is 5.32 Å². The largest absolute Gasteiger partial charge is 0.366 e. The lowest BCUT2D eigenvalue weighted by atomic mass is 10.1. The Morgan fingerprint density at radius 3 is 2.43 bits per heavy atom. The fourth-order valence-electron chi connectivity index (χ4n) is 2.59. The Bertz CT molecular complexity index is 775. The van der Waals surface area contributed by atoms with Crippen molar-refractivity contribution in [3.63, 3.8) is 0 Å². The Labute approximate surface area is 143 Å². The molecule has 0 bridgehead atoms. The topological polar surface area (TPSA) is 72.2 Å². The molecular weight excluding hydrogens is 335 g/mol. The van der Waals surface area contributed by atoms with Gasteiger partial charge in [0.1, 0.15) is 0 Å². The second kappa shape index (κ2) is 6.22. The summed E-state index contributed by atoms with van der Waals surface area (Å²) in [7, 11) is 0. The van der Waals surface area contributed by atoms with Gasteiger partial charge in [-0.25, -0.2) is 0 Å². The summed E-state index contributed by atoms with van der Waals surface area (Å²) in [6.07, 6.45) is 0.795. The second-order valence-corrected chi connectivity index (χ2v) is 6.39. The molecule has 3 rings (SSSR count). The molecule has 118 valence electrons. The van der Waals surface area contributed by atoms with Gasteiger partial charge in [-0.05, 0) is 48.2 Å². The fourth-order valence-corrected chi connectivity index (χ4v) is 2.93. The van der Waals surface area contributed by atoms with Crippen molar-refractivity contribution in [1.82, 2.24) is 0 Å². The number of primary amides is 1. The van der Waals surface area contributed by atoms with Crippen LogP contribution < -0.4 is 11.1 Å². The highest BCUT2D eigenvalue weighted by molar-refractivity contribution is 6.34. The van der Waals surface area contributed by atoms with Crippen LogP contribution in [0.2, 0.25) is 10.0 Å². The minimum absolute atomic E-state index is 0.0797. The van der Waals surface area contributed by atoms with E-state index in [4.69, 9.17) is 28.9 Å². The van der Waals surface area contributed by atoms with E-state index in [1.165, 1.54) is 6.07 Å². The average Bonchev–Trinajstić information content (AvgIpc) is 3.30. The van der Waals surface area contributed by atoms with E-state index in [-0.39, 0.29) is 28.3 Å². The predicted octanol–water partition coefficient (Wildman–Crippen LogP) is 3.83. The van der Waals surface area contributed by atoms with Gasteiger partial charge in [-0.3, -0.25) is 9.59 Å². The lowest BCUT2D eigenvalue weighted by molar-refractivity contribution is -0.117. The number of nitrogens with two attached hydrogens (primary N) is 1. The van der Waals surface area contributed by atoms with Crippen molar-refractivity contribution >= 4 is 40.7 Å². The van der Waals surface area contributed by atoms with E-state index in [9.17, 15) is 9.59 Å². The van der Waals surface area contributed by atoms with Crippen molar-refractivity contribution in [2.75, 3.05) is 5.32 Å². The highest BCUT2D eigenvalue weighted by Crippen LogP contribution is 2.48. The van der Waals surface area contributed by atoms with Crippen LogP contribution in [0.15, 0.2) is 42.5 Å². The summed E-state index contributed by atoms with van der Waals surface area (Å²) in [5.74, 6) is -0.585. The summed E-state index contributed by atoms with van der Waals surface area (Å²) < 4.78 is 0. The minimum atomic E-state index is -0.628. The van der Waals surface area contributed by atoms with Crippen molar-refractivity contribution in [3.8, 4) is 0 Å². The van der Waals surface area contributed by atoms with Gasteiger partial charge in [-0.2, -0.15) is 0 Å². The Hall–Kier alpha value is -2.04. The molecule has 23 heavy (non-hydrogen) atoms. The highest BCUT2D eigenvalue weighted by Gasteiger charge is 2.43. The third-order valence-corrected chi connectivity index (χ3v) is 4.51. The lowest BCUT2D eigenvalue weighted by Crippen LogP contribution is -2.16. The van der Waals surface area contributed by atoms with Crippen molar-refractivity contribution in [3.05, 3.63) is 63.6 Å². The van der Waals surface area contributed by atoms with Gasteiger partial charge in [0, 0.05) is 16.6 Å². The van der Waals surface area contributed by atoms with Crippen LogP contribution in [-0.4, -0.2) is 11.8 Å². The van der Waals surface area contributed by atoms with Crippen LogP contribution in [0.3, 0.4) is 0 Å². The summed E-state index contributed by atoms with van der Waals surface area (Å²) in [4.78, 5) is 23.6. The van der Waals surface area contributed by atoms with Crippen molar-refractivity contribution in [2.24, 2.45) is 11.7 Å². The van der Waals surface area contributed by atoms with E-state index in [1.54, 1.807) is 12.1 Å². The number of halogens is 2.